The molecule has 3 atom stereocenters. The van der Waals surface area contributed by atoms with Crippen molar-refractivity contribution in [2.24, 2.45) is 22.7 Å². The molecule has 2 nitrogen and oxygen atoms in total. The Morgan fingerprint density at radius 1 is 1.28 bits per heavy atom. The minimum absolute atomic E-state index is 0.0868. The van der Waals surface area contributed by atoms with Crippen molar-refractivity contribution in [1.29, 1.82) is 0 Å². The van der Waals surface area contributed by atoms with Gasteiger partial charge in [0.2, 0.25) is 0 Å². The quantitative estimate of drug-likeness (QED) is 0.695. The van der Waals surface area contributed by atoms with Crippen molar-refractivity contribution in [3.05, 3.63) is 34.3 Å². The van der Waals surface area contributed by atoms with Gasteiger partial charge in [0.25, 0.3) is 0 Å². The maximum absolute atomic E-state index is 6.68. The third-order valence-corrected chi connectivity index (χ3v) is 7.01. The van der Waals surface area contributed by atoms with Gasteiger partial charge in [-0.05, 0) is 59.6 Å². The average molecular weight is 364 g/mol. The molecule has 0 aromatic heterocycles. The molecular formula is C22H34ClNO. The molecule has 0 amide bonds. The molecule has 1 saturated heterocycles. The van der Waals surface area contributed by atoms with Crippen molar-refractivity contribution in [3.8, 4) is 0 Å². The summed E-state index contributed by atoms with van der Waals surface area (Å²) in [5.74, 6) is 1.12. The fourth-order valence-electron chi connectivity index (χ4n) is 4.85. The predicted octanol–water partition coefficient (Wildman–Crippen LogP) is 6.12. The SMILES string of the molecule is CC1C2CONC2(c2ccc(CCCC(C)(C)C)c(Cl)c2)CC1(C)C. The molecule has 0 spiro atoms. The van der Waals surface area contributed by atoms with E-state index in [1.165, 1.54) is 24.0 Å². The summed E-state index contributed by atoms with van der Waals surface area (Å²) in [6, 6.07) is 6.71. The van der Waals surface area contributed by atoms with Crippen LogP contribution in [0.5, 0.6) is 0 Å². The summed E-state index contributed by atoms with van der Waals surface area (Å²) in [5, 5.41) is 0.908. The van der Waals surface area contributed by atoms with Gasteiger partial charge in [-0.3, -0.25) is 0 Å². The van der Waals surface area contributed by atoms with Crippen LogP contribution < -0.4 is 5.48 Å². The number of hydroxylamine groups is 1. The van der Waals surface area contributed by atoms with Crippen molar-refractivity contribution in [2.75, 3.05) is 6.61 Å². The van der Waals surface area contributed by atoms with Gasteiger partial charge in [0.05, 0.1) is 12.1 Å². The van der Waals surface area contributed by atoms with E-state index in [-0.39, 0.29) is 5.54 Å². The maximum Gasteiger partial charge on any atom is 0.0740 e. The molecule has 1 aromatic carbocycles. The smallest absolute Gasteiger partial charge is 0.0740 e. The summed E-state index contributed by atoms with van der Waals surface area (Å²) in [4.78, 5) is 5.71. The van der Waals surface area contributed by atoms with E-state index < -0.39 is 0 Å². The van der Waals surface area contributed by atoms with Gasteiger partial charge >= 0.3 is 0 Å². The highest BCUT2D eigenvalue weighted by molar-refractivity contribution is 6.31. The van der Waals surface area contributed by atoms with Gasteiger partial charge in [0, 0.05) is 10.9 Å². The lowest BCUT2D eigenvalue weighted by Gasteiger charge is -2.30. The van der Waals surface area contributed by atoms with E-state index in [1.54, 1.807) is 0 Å². The lowest BCUT2D eigenvalue weighted by Crippen LogP contribution is -2.39. The Balaban J connectivity index is 1.81. The molecule has 3 unspecified atom stereocenters. The molecule has 1 heterocycles. The second kappa shape index (κ2) is 6.55. The van der Waals surface area contributed by atoms with Crippen LogP contribution in [0.15, 0.2) is 18.2 Å². The summed E-state index contributed by atoms with van der Waals surface area (Å²) in [5.41, 5.74) is 6.55. The summed E-state index contributed by atoms with van der Waals surface area (Å²) >= 11 is 6.68. The van der Waals surface area contributed by atoms with Gasteiger partial charge in [-0.2, -0.15) is 5.48 Å². The second-order valence-electron chi connectivity index (χ2n) is 10.2. The summed E-state index contributed by atoms with van der Waals surface area (Å²) in [7, 11) is 0. The highest BCUT2D eigenvalue weighted by atomic mass is 35.5. The number of halogens is 1. The molecule has 0 bridgehead atoms. The number of nitrogens with one attached hydrogen (secondary N) is 1. The van der Waals surface area contributed by atoms with E-state index in [0.717, 1.165) is 24.5 Å². The normalized spacial score (nSPS) is 31.3. The number of fused-ring (bicyclic) bond motifs is 1. The van der Waals surface area contributed by atoms with E-state index in [0.29, 0.717) is 22.7 Å². The van der Waals surface area contributed by atoms with Crippen LogP contribution in [0, 0.1) is 22.7 Å². The van der Waals surface area contributed by atoms with Gasteiger partial charge in [0.15, 0.2) is 0 Å². The van der Waals surface area contributed by atoms with Gasteiger partial charge in [-0.25, -0.2) is 0 Å². The Bertz CT molecular complexity index is 633. The maximum atomic E-state index is 6.68. The Labute approximate surface area is 158 Å². The zero-order valence-corrected chi connectivity index (χ0v) is 17.5. The summed E-state index contributed by atoms with van der Waals surface area (Å²) in [6.45, 7) is 14.8. The van der Waals surface area contributed by atoms with Crippen LogP contribution in [0.1, 0.15) is 71.9 Å². The molecule has 1 saturated carbocycles. The minimum Gasteiger partial charge on any atom is -0.301 e. The Kier molecular flexibility index (Phi) is 5.03. The third kappa shape index (κ3) is 3.63. The van der Waals surface area contributed by atoms with E-state index in [4.69, 9.17) is 16.4 Å². The van der Waals surface area contributed by atoms with Crippen LogP contribution in [0.25, 0.3) is 0 Å². The topological polar surface area (TPSA) is 21.3 Å². The molecule has 1 aromatic rings. The first-order chi connectivity index (χ1) is 11.6. The van der Waals surface area contributed by atoms with Gasteiger partial charge in [-0.15, -0.1) is 0 Å². The van der Waals surface area contributed by atoms with E-state index in [9.17, 15) is 0 Å². The van der Waals surface area contributed by atoms with Crippen LogP contribution >= 0.6 is 11.6 Å². The number of aryl methyl sites for hydroxylation is 1. The second-order valence-corrected chi connectivity index (χ2v) is 10.6. The molecule has 3 heteroatoms. The van der Waals surface area contributed by atoms with E-state index in [1.807, 2.05) is 0 Å². The summed E-state index contributed by atoms with van der Waals surface area (Å²) in [6.07, 6.45) is 4.55. The number of benzene rings is 1. The van der Waals surface area contributed by atoms with Crippen molar-refractivity contribution in [1.82, 2.24) is 5.48 Å². The fraction of sp³-hybridized carbons (Fsp3) is 0.727. The van der Waals surface area contributed by atoms with Gasteiger partial charge in [0.1, 0.15) is 0 Å². The molecule has 0 radical (unpaired) electrons. The molecule has 1 N–H and O–H groups in total. The molecule has 140 valence electrons. The molecule has 3 rings (SSSR count). The van der Waals surface area contributed by atoms with Crippen LogP contribution in [-0.2, 0) is 16.8 Å². The number of rotatable bonds is 4. The zero-order valence-electron chi connectivity index (χ0n) is 16.7. The molecule has 25 heavy (non-hydrogen) atoms. The first-order valence-electron chi connectivity index (χ1n) is 9.73. The Morgan fingerprint density at radius 2 is 2.00 bits per heavy atom. The zero-order chi connectivity index (χ0) is 18.5. The van der Waals surface area contributed by atoms with E-state index in [2.05, 4.69) is 65.2 Å². The van der Waals surface area contributed by atoms with Crippen LogP contribution in [0.3, 0.4) is 0 Å². The molecule has 2 fully saturated rings. The van der Waals surface area contributed by atoms with Crippen molar-refractivity contribution < 1.29 is 4.84 Å². The monoisotopic (exact) mass is 363 g/mol. The minimum atomic E-state index is -0.0868. The lowest BCUT2D eigenvalue weighted by molar-refractivity contribution is 0.0400. The van der Waals surface area contributed by atoms with Crippen molar-refractivity contribution >= 4 is 11.6 Å². The van der Waals surface area contributed by atoms with Crippen LogP contribution in [0.4, 0.5) is 0 Å². The molecule has 2 aliphatic rings. The number of hydrogen-bond acceptors (Lipinski definition) is 2. The lowest BCUT2D eigenvalue weighted by atomic mass is 9.79. The average Bonchev–Trinajstić information content (AvgIpc) is 2.97. The molecular weight excluding hydrogens is 330 g/mol. The predicted molar refractivity (Wildman–Crippen MR) is 106 cm³/mol. The van der Waals surface area contributed by atoms with Crippen LogP contribution in [0.2, 0.25) is 5.02 Å². The Hall–Kier alpha value is -0.570. The standard InChI is InChI=1S/C22H34ClNO/c1-15-18-13-25-24-22(18,14-21(15,5)6)17-10-9-16(19(23)12-17)8-7-11-20(2,3)4/h9-10,12,15,18,24H,7-8,11,13-14H2,1-6H3. The van der Waals surface area contributed by atoms with Crippen molar-refractivity contribution in [3.63, 3.8) is 0 Å². The van der Waals surface area contributed by atoms with Gasteiger partial charge in [-0.1, -0.05) is 65.3 Å². The van der Waals surface area contributed by atoms with E-state index >= 15 is 0 Å². The van der Waals surface area contributed by atoms with Crippen molar-refractivity contribution in [2.45, 2.75) is 72.8 Å². The highest BCUT2D eigenvalue weighted by Gasteiger charge is 2.59. The Morgan fingerprint density at radius 3 is 2.64 bits per heavy atom. The molecule has 1 aliphatic carbocycles. The highest BCUT2D eigenvalue weighted by Crippen LogP contribution is 2.58. The van der Waals surface area contributed by atoms with Gasteiger partial charge < -0.3 is 4.84 Å². The summed E-state index contributed by atoms with van der Waals surface area (Å²) < 4.78 is 0. The third-order valence-electron chi connectivity index (χ3n) is 6.66. The van der Waals surface area contributed by atoms with Crippen LogP contribution in [-0.4, -0.2) is 6.61 Å². The first kappa shape index (κ1) is 19.2. The first-order valence-corrected chi connectivity index (χ1v) is 10.1. The fourth-order valence-corrected chi connectivity index (χ4v) is 5.13. The number of hydrogen-bond donors (Lipinski definition) is 1. The molecule has 1 aliphatic heterocycles. The largest absolute Gasteiger partial charge is 0.301 e.